The van der Waals surface area contributed by atoms with Crippen molar-refractivity contribution in [3.05, 3.63) is 40.9 Å². The first-order valence-electron chi connectivity index (χ1n) is 8.53. The molecular weight excluding hydrogens is 318 g/mol. The number of carbonyl (C=O) groups excluding carboxylic acids is 1. The van der Waals surface area contributed by atoms with Crippen LogP contribution in [-0.4, -0.2) is 30.5 Å². The van der Waals surface area contributed by atoms with Crippen molar-refractivity contribution in [2.45, 2.75) is 33.1 Å². The number of thiazole rings is 1. The van der Waals surface area contributed by atoms with Crippen LogP contribution in [0.25, 0.3) is 10.6 Å². The maximum Gasteiger partial charge on any atom is 0.226 e. The molecule has 1 aromatic heterocycles. The van der Waals surface area contributed by atoms with E-state index in [1.807, 2.05) is 11.4 Å². The minimum absolute atomic E-state index is 0.0656. The van der Waals surface area contributed by atoms with Gasteiger partial charge in [-0.05, 0) is 44.3 Å². The third-order valence-corrected chi connectivity index (χ3v) is 5.62. The Morgan fingerprint density at radius 1 is 1.38 bits per heavy atom. The molecule has 4 nitrogen and oxygen atoms in total. The monoisotopic (exact) mass is 343 g/mol. The Morgan fingerprint density at radius 2 is 2.17 bits per heavy atom. The molecule has 5 heteroatoms. The van der Waals surface area contributed by atoms with E-state index in [0.717, 1.165) is 48.7 Å². The number of carbonyl (C=O) groups is 1. The van der Waals surface area contributed by atoms with Gasteiger partial charge in [0.2, 0.25) is 5.91 Å². The van der Waals surface area contributed by atoms with E-state index in [9.17, 15) is 4.79 Å². The highest BCUT2D eigenvalue weighted by molar-refractivity contribution is 7.13. The first kappa shape index (κ1) is 17.1. The molecule has 1 saturated heterocycles. The Labute approximate surface area is 147 Å². The van der Waals surface area contributed by atoms with Crippen molar-refractivity contribution in [3.8, 4) is 10.6 Å². The number of nitrogens with zero attached hydrogens (tertiary/aromatic N) is 1. The lowest BCUT2D eigenvalue weighted by Gasteiger charge is -2.34. The summed E-state index contributed by atoms with van der Waals surface area (Å²) in [5.74, 6) is 0.0656. The van der Waals surface area contributed by atoms with Gasteiger partial charge in [-0.3, -0.25) is 4.79 Å². The minimum Gasteiger partial charge on any atom is -0.355 e. The average Bonchev–Trinajstić information content (AvgIpc) is 3.02. The number of nitrogens with one attached hydrogen (secondary N) is 2. The van der Waals surface area contributed by atoms with Gasteiger partial charge in [0, 0.05) is 17.5 Å². The van der Waals surface area contributed by atoms with Gasteiger partial charge >= 0.3 is 0 Å². The van der Waals surface area contributed by atoms with Crippen molar-refractivity contribution in [1.82, 2.24) is 15.6 Å². The predicted octanol–water partition coefficient (Wildman–Crippen LogP) is 3.17. The minimum atomic E-state index is 0.0656. The average molecular weight is 343 g/mol. The summed E-state index contributed by atoms with van der Waals surface area (Å²) in [5.41, 5.74) is 3.41. The molecule has 3 rings (SSSR count). The van der Waals surface area contributed by atoms with Crippen LogP contribution in [0.2, 0.25) is 0 Å². The van der Waals surface area contributed by atoms with E-state index in [1.165, 1.54) is 5.56 Å². The van der Waals surface area contributed by atoms with Crippen molar-refractivity contribution in [1.29, 1.82) is 0 Å². The summed E-state index contributed by atoms with van der Waals surface area (Å²) in [7, 11) is 0. The van der Waals surface area contributed by atoms with Gasteiger partial charge in [-0.15, -0.1) is 11.3 Å². The van der Waals surface area contributed by atoms with Crippen molar-refractivity contribution in [3.63, 3.8) is 0 Å². The lowest BCUT2D eigenvalue weighted by molar-refractivity contribution is -0.121. The summed E-state index contributed by atoms with van der Waals surface area (Å²) >= 11 is 1.60. The Bertz CT molecular complexity index is 704. The normalized spacial score (nSPS) is 16.8. The van der Waals surface area contributed by atoms with E-state index in [-0.39, 0.29) is 11.3 Å². The molecule has 0 aliphatic carbocycles. The molecule has 0 radical (unpaired) electrons. The van der Waals surface area contributed by atoms with E-state index in [0.29, 0.717) is 6.42 Å². The zero-order chi connectivity index (χ0) is 17.0. The number of hydrogen-bond donors (Lipinski definition) is 2. The zero-order valence-corrected chi connectivity index (χ0v) is 15.2. The highest BCUT2D eigenvalue weighted by Gasteiger charge is 2.27. The SMILES string of the molecule is Cc1cccc(-c2nc(CC(=O)NCC3(C)CCNCC3)cs2)c1. The molecule has 0 saturated carbocycles. The zero-order valence-electron chi connectivity index (χ0n) is 14.4. The van der Waals surface area contributed by atoms with Crippen LogP contribution >= 0.6 is 11.3 Å². The molecule has 24 heavy (non-hydrogen) atoms. The van der Waals surface area contributed by atoms with Crippen LogP contribution in [0.4, 0.5) is 0 Å². The molecule has 0 bridgehead atoms. The van der Waals surface area contributed by atoms with Crippen molar-refractivity contribution in [2.24, 2.45) is 5.41 Å². The van der Waals surface area contributed by atoms with E-state index >= 15 is 0 Å². The number of piperidine rings is 1. The lowest BCUT2D eigenvalue weighted by Crippen LogP contribution is -2.43. The van der Waals surface area contributed by atoms with E-state index in [4.69, 9.17) is 0 Å². The fourth-order valence-electron chi connectivity index (χ4n) is 3.04. The number of rotatable bonds is 5. The fraction of sp³-hybridized carbons (Fsp3) is 0.474. The first-order valence-corrected chi connectivity index (χ1v) is 9.41. The van der Waals surface area contributed by atoms with Crippen LogP contribution < -0.4 is 10.6 Å². The maximum absolute atomic E-state index is 12.2. The molecule has 1 amide bonds. The quantitative estimate of drug-likeness (QED) is 0.877. The third kappa shape index (κ3) is 4.42. The van der Waals surface area contributed by atoms with Crippen LogP contribution in [0.3, 0.4) is 0 Å². The van der Waals surface area contributed by atoms with Gasteiger partial charge in [-0.1, -0.05) is 30.7 Å². The Balaban J connectivity index is 1.55. The first-order chi connectivity index (χ1) is 11.5. The van der Waals surface area contributed by atoms with Crippen molar-refractivity contribution in [2.75, 3.05) is 19.6 Å². The number of amides is 1. The smallest absolute Gasteiger partial charge is 0.226 e. The third-order valence-electron chi connectivity index (χ3n) is 4.68. The molecule has 1 aliphatic heterocycles. The second-order valence-corrected chi connectivity index (χ2v) is 7.89. The van der Waals surface area contributed by atoms with E-state index in [2.05, 4.69) is 47.7 Å². The van der Waals surface area contributed by atoms with Crippen LogP contribution in [0.1, 0.15) is 31.0 Å². The van der Waals surface area contributed by atoms with Crippen LogP contribution in [0.5, 0.6) is 0 Å². The highest BCUT2D eigenvalue weighted by atomic mass is 32.1. The number of benzene rings is 1. The predicted molar refractivity (Wildman–Crippen MR) is 99.2 cm³/mol. The summed E-state index contributed by atoms with van der Waals surface area (Å²) in [5, 5.41) is 9.43. The van der Waals surface area contributed by atoms with E-state index in [1.54, 1.807) is 11.3 Å². The summed E-state index contributed by atoms with van der Waals surface area (Å²) < 4.78 is 0. The fourth-order valence-corrected chi connectivity index (χ4v) is 3.86. The second-order valence-electron chi connectivity index (χ2n) is 7.03. The van der Waals surface area contributed by atoms with Crippen LogP contribution in [-0.2, 0) is 11.2 Å². The standard InChI is InChI=1S/C19H25N3OS/c1-14-4-3-5-15(10-14)18-22-16(12-24-18)11-17(23)21-13-19(2)6-8-20-9-7-19/h3-5,10,12,20H,6-9,11,13H2,1-2H3,(H,21,23). The van der Waals surface area contributed by atoms with Gasteiger partial charge in [0.15, 0.2) is 0 Å². The Kier molecular flexibility index (Phi) is 5.31. The molecular formula is C19H25N3OS. The summed E-state index contributed by atoms with van der Waals surface area (Å²) in [6.45, 7) is 7.17. The van der Waals surface area contributed by atoms with Gasteiger partial charge in [-0.25, -0.2) is 4.98 Å². The largest absolute Gasteiger partial charge is 0.355 e. The van der Waals surface area contributed by atoms with E-state index < -0.39 is 0 Å². The second kappa shape index (κ2) is 7.45. The molecule has 2 aromatic rings. The molecule has 1 fully saturated rings. The topological polar surface area (TPSA) is 54.0 Å². The van der Waals surface area contributed by atoms with Crippen LogP contribution in [0.15, 0.2) is 29.6 Å². The molecule has 128 valence electrons. The molecule has 2 N–H and O–H groups in total. The number of hydrogen-bond acceptors (Lipinski definition) is 4. The Morgan fingerprint density at radius 3 is 2.92 bits per heavy atom. The van der Waals surface area contributed by atoms with Gasteiger partial charge in [0.1, 0.15) is 5.01 Å². The molecule has 2 heterocycles. The molecule has 0 unspecified atom stereocenters. The van der Waals surface area contributed by atoms with Gasteiger partial charge in [0.25, 0.3) is 0 Å². The number of aromatic nitrogens is 1. The van der Waals surface area contributed by atoms with Crippen LogP contribution in [0, 0.1) is 12.3 Å². The molecule has 0 atom stereocenters. The molecule has 1 aliphatic rings. The van der Waals surface area contributed by atoms with Gasteiger partial charge < -0.3 is 10.6 Å². The Hall–Kier alpha value is -1.72. The van der Waals surface area contributed by atoms with Gasteiger partial charge in [0.05, 0.1) is 12.1 Å². The lowest BCUT2D eigenvalue weighted by atomic mass is 9.81. The molecule has 0 spiro atoms. The molecule has 1 aromatic carbocycles. The van der Waals surface area contributed by atoms with Gasteiger partial charge in [-0.2, -0.15) is 0 Å². The number of aryl methyl sites for hydroxylation is 1. The summed E-state index contributed by atoms with van der Waals surface area (Å²) in [4.78, 5) is 16.9. The summed E-state index contributed by atoms with van der Waals surface area (Å²) in [6.07, 6.45) is 2.58. The maximum atomic E-state index is 12.2. The highest BCUT2D eigenvalue weighted by Crippen LogP contribution is 2.27. The van der Waals surface area contributed by atoms with Crippen molar-refractivity contribution < 1.29 is 4.79 Å². The van der Waals surface area contributed by atoms with Crippen molar-refractivity contribution >= 4 is 17.2 Å². The summed E-state index contributed by atoms with van der Waals surface area (Å²) in [6, 6.07) is 8.30.